The molecule has 0 saturated carbocycles. The molecule has 0 spiro atoms. The second kappa shape index (κ2) is 9.23. The van der Waals surface area contributed by atoms with E-state index >= 15 is 0 Å². The van der Waals surface area contributed by atoms with E-state index in [9.17, 15) is 22.8 Å². The van der Waals surface area contributed by atoms with Crippen LogP contribution in [-0.4, -0.2) is 32.1 Å². The lowest BCUT2D eigenvalue weighted by Gasteiger charge is -2.14. The Balaban J connectivity index is 2.12. The number of amides is 1. The van der Waals surface area contributed by atoms with Crippen molar-refractivity contribution in [2.45, 2.75) is 25.7 Å². The van der Waals surface area contributed by atoms with Crippen LogP contribution in [0.25, 0.3) is 0 Å². The molecule has 0 aromatic heterocycles. The Labute approximate surface area is 158 Å². The van der Waals surface area contributed by atoms with Crippen molar-refractivity contribution >= 4 is 28.0 Å². The maximum absolute atomic E-state index is 12.5. The zero-order valence-electron chi connectivity index (χ0n) is 14.9. The second-order valence-electron chi connectivity index (χ2n) is 6.14. The zero-order chi connectivity index (χ0) is 19.9. The van der Waals surface area contributed by atoms with Gasteiger partial charge in [-0.3, -0.25) is 14.3 Å². The smallest absolute Gasteiger partial charge is 0.240 e. The minimum atomic E-state index is -3.80. The van der Waals surface area contributed by atoms with Crippen molar-refractivity contribution in [3.8, 4) is 0 Å². The number of benzene rings is 2. The maximum Gasteiger partial charge on any atom is 0.240 e. The van der Waals surface area contributed by atoms with Crippen molar-refractivity contribution in [2.24, 2.45) is 0 Å². The molecule has 0 heterocycles. The van der Waals surface area contributed by atoms with Gasteiger partial charge in [0.05, 0.1) is 11.7 Å². The number of nitrogens with one attached hydrogen (secondary N) is 1. The van der Waals surface area contributed by atoms with Crippen LogP contribution in [0.2, 0.25) is 0 Å². The van der Waals surface area contributed by atoms with Crippen molar-refractivity contribution in [1.82, 2.24) is 4.72 Å². The van der Waals surface area contributed by atoms with Gasteiger partial charge in [-0.2, -0.15) is 0 Å². The zero-order valence-corrected chi connectivity index (χ0v) is 15.7. The molecule has 7 heteroatoms. The third kappa shape index (κ3) is 5.86. The van der Waals surface area contributed by atoms with Crippen LogP contribution in [0, 0.1) is 0 Å². The predicted octanol–water partition coefficient (Wildman–Crippen LogP) is 2.45. The summed E-state index contributed by atoms with van der Waals surface area (Å²) in [6.07, 6.45) is 0.908. The van der Waals surface area contributed by atoms with E-state index in [4.69, 9.17) is 0 Å². The van der Waals surface area contributed by atoms with Crippen LogP contribution in [-0.2, 0) is 19.6 Å². The molecule has 0 fully saturated rings. The Hall–Kier alpha value is -2.80. The summed E-state index contributed by atoms with van der Waals surface area (Å²) in [5.74, 6) is -1.90. The molecule has 0 aliphatic rings. The summed E-state index contributed by atoms with van der Waals surface area (Å²) in [6.45, 7) is 1.57. The fraction of sp³-hybridized carbons (Fsp3) is 0.250. The molecule has 0 bridgehead atoms. The number of carbonyl (C=O) groups excluding carboxylic acids is 3. The van der Waals surface area contributed by atoms with Gasteiger partial charge in [0, 0.05) is 17.5 Å². The highest BCUT2D eigenvalue weighted by atomic mass is 32.2. The Morgan fingerprint density at radius 3 is 2.37 bits per heavy atom. The van der Waals surface area contributed by atoms with E-state index in [1.54, 1.807) is 55.5 Å². The Morgan fingerprint density at radius 2 is 1.70 bits per heavy atom. The lowest BCUT2D eigenvalue weighted by Crippen LogP contribution is -2.35. The van der Waals surface area contributed by atoms with Crippen LogP contribution >= 0.6 is 0 Å². The first-order chi connectivity index (χ1) is 12.8. The number of unbranched alkanes of at least 4 members (excludes halogenated alkanes) is 1. The van der Waals surface area contributed by atoms with E-state index in [2.05, 4.69) is 0 Å². The molecule has 2 rings (SSSR count). The molecule has 0 radical (unpaired) electrons. The van der Waals surface area contributed by atoms with Gasteiger partial charge >= 0.3 is 0 Å². The van der Waals surface area contributed by atoms with Crippen LogP contribution in [0.5, 0.6) is 0 Å². The number of carbonyl (C=O) groups is 3. The van der Waals surface area contributed by atoms with Gasteiger partial charge < -0.3 is 4.79 Å². The Morgan fingerprint density at radius 1 is 1.04 bits per heavy atom. The lowest BCUT2D eigenvalue weighted by atomic mass is 9.95. The van der Waals surface area contributed by atoms with Crippen molar-refractivity contribution in [1.29, 1.82) is 0 Å². The van der Waals surface area contributed by atoms with Gasteiger partial charge in [-0.05, 0) is 25.0 Å². The van der Waals surface area contributed by atoms with E-state index in [0.717, 1.165) is 0 Å². The highest BCUT2D eigenvalue weighted by Crippen LogP contribution is 2.19. The van der Waals surface area contributed by atoms with Crippen molar-refractivity contribution in [3.05, 3.63) is 71.3 Å². The summed E-state index contributed by atoms with van der Waals surface area (Å²) < 4.78 is 25.8. The molecule has 1 unspecified atom stereocenters. The molecule has 1 N–H and O–H groups in total. The van der Waals surface area contributed by atoms with Gasteiger partial charge in [-0.1, -0.05) is 48.5 Å². The third-order valence-electron chi connectivity index (χ3n) is 4.07. The first-order valence-corrected chi connectivity index (χ1v) is 10.2. The summed E-state index contributed by atoms with van der Waals surface area (Å²) in [4.78, 5) is 35.1. The van der Waals surface area contributed by atoms with E-state index in [1.807, 2.05) is 10.8 Å². The van der Waals surface area contributed by atoms with Gasteiger partial charge in [-0.25, -0.2) is 8.42 Å². The molecule has 1 atom stereocenters. The molecule has 1 amide bonds. The van der Waals surface area contributed by atoms with Gasteiger partial charge in [0.1, 0.15) is 6.29 Å². The minimum Gasteiger partial charge on any atom is -0.303 e. The molecular weight excluding hydrogens is 366 g/mol. The van der Waals surface area contributed by atoms with Gasteiger partial charge in [-0.15, -0.1) is 0 Å². The Kier molecular flexibility index (Phi) is 7.01. The molecule has 0 saturated heterocycles. The van der Waals surface area contributed by atoms with Gasteiger partial charge in [0.15, 0.2) is 5.78 Å². The number of hydrogen-bond acceptors (Lipinski definition) is 5. The van der Waals surface area contributed by atoms with Crippen LogP contribution < -0.4 is 4.72 Å². The molecule has 142 valence electrons. The molecule has 0 aliphatic carbocycles. The van der Waals surface area contributed by atoms with Crippen LogP contribution in [0.3, 0.4) is 0 Å². The number of hydrogen-bond donors (Lipinski definition) is 1. The SMILES string of the molecule is CC(C(=O)NS(=O)(=O)CCCC=O)c1cccc(C(=O)c2ccccc2)c1. The molecule has 0 aliphatic heterocycles. The Bertz CT molecular complexity index is 922. The largest absolute Gasteiger partial charge is 0.303 e. The summed E-state index contributed by atoms with van der Waals surface area (Å²) in [5, 5.41) is 0. The molecule has 2 aromatic carbocycles. The van der Waals surface area contributed by atoms with E-state index in [1.165, 1.54) is 0 Å². The summed E-state index contributed by atoms with van der Waals surface area (Å²) in [6, 6.07) is 15.3. The highest BCUT2D eigenvalue weighted by Gasteiger charge is 2.22. The van der Waals surface area contributed by atoms with Gasteiger partial charge in [0.25, 0.3) is 0 Å². The first-order valence-electron chi connectivity index (χ1n) is 8.52. The van der Waals surface area contributed by atoms with E-state index < -0.39 is 21.8 Å². The highest BCUT2D eigenvalue weighted by molar-refractivity contribution is 7.90. The quantitative estimate of drug-likeness (QED) is 0.405. The minimum absolute atomic E-state index is 0.119. The normalized spacial score (nSPS) is 12.2. The number of sulfonamides is 1. The molecule has 6 nitrogen and oxygen atoms in total. The molecular formula is C20H21NO5S. The van der Waals surface area contributed by atoms with Crippen LogP contribution in [0.4, 0.5) is 0 Å². The van der Waals surface area contributed by atoms with Crippen LogP contribution in [0.1, 0.15) is 47.2 Å². The average Bonchev–Trinajstić information content (AvgIpc) is 2.67. The standard InChI is InChI=1S/C20H21NO5S/c1-15(20(24)21-27(25,26)13-6-5-12-22)17-10-7-11-18(14-17)19(23)16-8-3-2-4-9-16/h2-4,7-12,14-15H,5-6,13H2,1H3,(H,21,24). The summed E-state index contributed by atoms with van der Waals surface area (Å²) in [7, 11) is -3.80. The van der Waals surface area contributed by atoms with E-state index in [0.29, 0.717) is 23.0 Å². The summed E-state index contributed by atoms with van der Waals surface area (Å²) >= 11 is 0. The first kappa shape index (κ1) is 20.5. The fourth-order valence-electron chi connectivity index (χ4n) is 2.51. The van der Waals surface area contributed by atoms with Crippen molar-refractivity contribution in [2.75, 3.05) is 5.75 Å². The fourth-order valence-corrected chi connectivity index (χ4v) is 3.64. The van der Waals surface area contributed by atoms with Gasteiger partial charge in [0.2, 0.25) is 15.9 Å². The van der Waals surface area contributed by atoms with Crippen LogP contribution in [0.15, 0.2) is 54.6 Å². The monoisotopic (exact) mass is 387 g/mol. The average molecular weight is 387 g/mol. The number of rotatable bonds is 9. The van der Waals surface area contributed by atoms with Crippen molar-refractivity contribution < 1.29 is 22.8 Å². The molecule has 27 heavy (non-hydrogen) atoms. The number of ketones is 1. The topological polar surface area (TPSA) is 97.4 Å². The van der Waals surface area contributed by atoms with E-state index in [-0.39, 0.29) is 24.4 Å². The molecule has 2 aromatic rings. The number of aldehydes is 1. The predicted molar refractivity (Wildman–Crippen MR) is 102 cm³/mol. The second-order valence-corrected chi connectivity index (χ2v) is 7.98. The summed E-state index contributed by atoms with van der Waals surface area (Å²) in [5.41, 5.74) is 1.49. The lowest BCUT2D eigenvalue weighted by molar-refractivity contribution is -0.120. The van der Waals surface area contributed by atoms with Crippen molar-refractivity contribution in [3.63, 3.8) is 0 Å². The third-order valence-corrected chi connectivity index (χ3v) is 5.41. The maximum atomic E-state index is 12.5.